The second kappa shape index (κ2) is 6.19. The molecule has 0 aliphatic carbocycles. The van der Waals surface area contributed by atoms with Crippen LogP contribution >= 0.6 is 0 Å². The third-order valence-electron chi connectivity index (χ3n) is 2.39. The molecule has 1 saturated heterocycles. The maximum atomic E-state index is 11.0. The van der Waals surface area contributed by atoms with Crippen LogP contribution in [0.3, 0.4) is 0 Å². The zero-order chi connectivity index (χ0) is 15.7. The molecule has 120 valence electrons. The summed E-state index contributed by atoms with van der Waals surface area (Å²) in [6, 6.07) is 0. The van der Waals surface area contributed by atoms with E-state index in [9.17, 15) is 32.2 Å². The van der Waals surface area contributed by atoms with Crippen molar-refractivity contribution in [3.05, 3.63) is 0 Å². The van der Waals surface area contributed by atoms with Crippen molar-refractivity contribution in [2.75, 3.05) is 19.1 Å². The predicted molar refractivity (Wildman–Crippen MR) is 63.4 cm³/mol. The highest BCUT2D eigenvalue weighted by molar-refractivity contribution is 7.86. The van der Waals surface area contributed by atoms with Crippen molar-refractivity contribution in [3.8, 4) is 0 Å². The lowest BCUT2D eigenvalue weighted by molar-refractivity contribution is -0.278. The summed E-state index contributed by atoms with van der Waals surface area (Å²) in [7, 11) is -7.81. The Hall–Kier alpha value is -0.340. The van der Waals surface area contributed by atoms with Crippen molar-refractivity contribution in [2.45, 2.75) is 30.7 Å². The number of hydrogen-bond donors (Lipinski definition) is 3. The quantitative estimate of drug-likeness (QED) is 0.435. The number of aliphatic hydroxyl groups excluding tert-OH is 3. The second-order valence-electron chi connectivity index (χ2n) is 4.30. The molecule has 0 aromatic carbocycles. The van der Waals surface area contributed by atoms with Gasteiger partial charge in [-0.3, -0.25) is 8.37 Å². The second-order valence-corrected chi connectivity index (χ2v) is 7.54. The van der Waals surface area contributed by atoms with Gasteiger partial charge >= 0.3 is 0 Å². The average molecular weight is 336 g/mol. The molecule has 5 atom stereocenters. The summed E-state index contributed by atoms with van der Waals surface area (Å²) < 4.78 is 57.1. The molecule has 0 amide bonds. The van der Waals surface area contributed by atoms with Gasteiger partial charge in [-0.2, -0.15) is 16.8 Å². The molecule has 0 bridgehead atoms. The smallest absolute Gasteiger partial charge is 0.264 e. The van der Waals surface area contributed by atoms with Crippen molar-refractivity contribution in [2.24, 2.45) is 0 Å². The third kappa shape index (κ3) is 5.21. The van der Waals surface area contributed by atoms with E-state index in [0.29, 0.717) is 6.26 Å². The number of hydrogen-bond acceptors (Lipinski definition) is 10. The first kappa shape index (κ1) is 17.7. The molecule has 1 aliphatic heterocycles. The summed E-state index contributed by atoms with van der Waals surface area (Å²) in [6.07, 6.45) is -7.02. The Bertz CT molecular complexity index is 523. The lowest BCUT2D eigenvalue weighted by Crippen LogP contribution is -2.59. The minimum atomic E-state index is -4.00. The van der Waals surface area contributed by atoms with Crippen molar-refractivity contribution in [1.29, 1.82) is 0 Å². The van der Waals surface area contributed by atoms with E-state index in [2.05, 4.69) is 8.37 Å². The standard InChI is InChI=1S/C8H16O10S2/c1-19(12,13)16-3-4-5(9)6(10)7(8(11)17-4)18-20(2,14)15/h4-11H,3H2,1-2H3/t4-,5-,6+,7-,8-/m0/s1. The molecule has 0 saturated carbocycles. The summed E-state index contributed by atoms with van der Waals surface area (Å²) in [5.41, 5.74) is 0. The van der Waals surface area contributed by atoms with Crippen molar-refractivity contribution in [3.63, 3.8) is 0 Å². The average Bonchev–Trinajstić information content (AvgIpc) is 2.25. The number of aliphatic hydroxyl groups is 3. The molecule has 12 heteroatoms. The molecule has 20 heavy (non-hydrogen) atoms. The van der Waals surface area contributed by atoms with E-state index in [1.165, 1.54) is 0 Å². The Morgan fingerprint density at radius 3 is 2.00 bits per heavy atom. The number of ether oxygens (including phenoxy) is 1. The normalized spacial score (nSPS) is 36.0. The molecule has 1 heterocycles. The monoisotopic (exact) mass is 336 g/mol. The lowest BCUT2D eigenvalue weighted by Gasteiger charge is -2.39. The van der Waals surface area contributed by atoms with Gasteiger partial charge in [0.05, 0.1) is 19.1 Å². The van der Waals surface area contributed by atoms with E-state index in [1.807, 2.05) is 0 Å². The maximum Gasteiger partial charge on any atom is 0.264 e. The Labute approximate surface area is 116 Å². The molecule has 1 aliphatic rings. The Kier molecular flexibility index (Phi) is 5.48. The first-order valence-corrected chi connectivity index (χ1v) is 8.96. The van der Waals surface area contributed by atoms with Crippen LogP contribution in [0.1, 0.15) is 0 Å². The summed E-state index contributed by atoms with van der Waals surface area (Å²) in [5.74, 6) is 0. The summed E-state index contributed by atoms with van der Waals surface area (Å²) in [6.45, 7) is -0.653. The minimum Gasteiger partial charge on any atom is -0.387 e. The molecule has 0 unspecified atom stereocenters. The first-order chi connectivity index (χ1) is 8.91. The van der Waals surface area contributed by atoms with Gasteiger partial charge < -0.3 is 20.1 Å². The fourth-order valence-electron chi connectivity index (χ4n) is 1.55. The zero-order valence-corrected chi connectivity index (χ0v) is 12.2. The van der Waals surface area contributed by atoms with E-state index in [0.717, 1.165) is 6.26 Å². The third-order valence-corrected chi connectivity index (χ3v) is 3.53. The first-order valence-electron chi connectivity index (χ1n) is 5.33. The van der Waals surface area contributed by atoms with E-state index in [-0.39, 0.29) is 0 Å². The van der Waals surface area contributed by atoms with E-state index in [4.69, 9.17) is 4.74 Å². The molecule has 0 aromatic heterocycles. The van der Waals surface area contributed by atoms with Gasteiger partial charge in [0.2, 0.25) is 0 Å². The fraction of sp³-hybridized carbons (Fsp3) is 1.00. The molecule has 10 nitrogen and oxygen atoms in total. The largest absolute Gasteiger partial charge is 0.387 e. The van der Waals surface area contributed by atoms with Gasteiger partial charge in [-0.15, -0.1) is 0 Å². The highest BCUT2D eigenvalue weighted by atomic mass is 32.2. The molecule has 0 aromatic rings. The van der Waals surface area contributed by atoms with Gasteiger partial charge in [-0.25, -0.2) is 0 Å². The Balaban J connectivity index is 2.76. The summed E-state index contributed by atoms with van der Waals surface area (Å²) >= 11 is 0. The zero-order valence-electron chi connectivity index (χ0n) is 10.6. The van der Waals surface area contributed by atoms with Crippen LogP contribution in [-0.2, 0) is 33.3 Å². The van der Waals surface area contributed by atoms with E-state index >= 15 is 0 Å². The van der Waals surface area contributed by atoms with Crippen LogP contribution in [0, 0.1) is 0 Å². The molecule has 1 fully saturated rings. The maximum absolute atomic E-state index is 11.0. The fourth-order valence-corrected chi connectivity index (χ4v) is 2.55. The molecule has 0 radical (unpaired) electrons. The van der Waals surface area contributed by atoms with Gasteiger partial charge in [0.25, 0.3) is 20.2 Å². The van der Waals surface area contributed by atoms with Gasteiger partial charge in [0, 0.05) is 0 Å². The van der Waals surface area contributed by atoms with Crippen LogP contribution < -0.4 is 0 Å². The molecular weight excluding hydrogens is 320 g/mol. The summed E-state index contributed by atoms with van der Waals surface area (Å²) in [4.78, 5) is 0. The van der Waals surface area contributed by atoms with Gasteiger partial charge in [-0.05, 0) is 0 Å². The topological polar surface area (TPSA) is 157 Å². The van der Waals surface area contributed by atoms with Crippen LogP contribution in [0.2, 0.25) is 0 Å². The van der Waals surface area contributed by atoms with E-state index < -0.39 is 57.5 Å². The van der Waals surface area contributed by atoms with Crippen LogP contribution in [0.15, 0.2) is 0 Å². The highest BCUT2D eigenvalue weighted by Crippen LogP contribution is 2.23. The van der Waals surface area contributed by atoms with Gasteiger partial charge in [0.1, 0.15) is 18.3 Å². The van der Waals surface area contributed by atoms with Crippen molar-refractivity contribution in [1.82, 2.24) is 0 Å². The van der Waals surface area contributed by atoms with Gasteiger partial charge in [-0.1, -0.05) is 0 Å². The highest BCUT2D eigenvalue weighted by Gasteiger charge is 2.46. The minimum absolute atomic E-state index is 0.653. The van der Waals surface area contributed by atoms with Crippen LogP contribution in [0.4, 0.5) is 0 Å². The van der Waals surface area contributed by atoms with Crippen molar-refractivity contribution < 1.29 is 45.3 Å². The lowest BCUT2D eigenvalue weighted by atomic mass is 9.99. The van der Waals surface area contributed by atoms with Crippen LogP contribution in [0.5, 0.6) is 0 Å². The van der Waals surface area contributed by atoms with Crippen molar-refractivity contribution >= 4 is 20.2 Å². The number of rotatable bonds is 5. The molecule has 1 rings (SSSR count). The van der Waals surface area contributed by atoms with E-state index in [1.54, 1.807) is 0 Å². The van der Waals surface area contributed by atoms with Gasteiger partial charge in [0.15, 0.2) is 12.4 Å². The van der Waals surface area contributed by atoms with Crippen LogP contribution in [0.25, 0.3) is 0 Å². The molecule has 0 spiro atoms. The Morgan fingerprint density at radius 2 is 1.55 bits per heavy atom. The molecule has 3 N–H and O–H groups in total. The SMILES string of the molecule is CS(=O)(=O)OC[C@@H]1O[C@H](O)[C@@H](OS(C)(=O)=O)[C@H](O)[C@H]1O. The summed E-state index contributed by atoms with van der Waals surface area (Å²) in [5, 5.41) is 28.9. The van der Waals surface area contributed by atoms with Crippen LogP contribution in [-0.4, -0.2) is 82.0 Å². The predicted octanol–water partition coefficient (Wildman–Crippen LogP) is -3.25. The Morgan fingerprint density at radius 1 is 1.00 bits per heavy atom. The molecular formula is C8H16O10S2.